The van der Waals surface area contributed by atoms with Crippen LogP contribution in [0.4, 0.5) is 13.2 Å². The summed E-state index contributed by atoms with van der Waals surface area (Å²) in [7, 11) is 0. The highest BCUT2D eigenvalue weighted by Crippen LogP contribution is 2.19. The van der Waals surface area contributed by atoms with Gasteiger partial charge in [-0.25, -0.2) is 9.97 Å². The van der Waals surface area contributed by atoms with Crippen LogP contribution in [-0.2, 0) is 13.0 Å². The summed E-state index contributed by atoms with van der Waals surface area (Å²) in [5.41, 5.74) is 1.15. The Morgan fingerprint density at radius 1 is 1.31 bits per heavy atom. The van der Waals surface area contributed by atoms with Gasteiger partial charge in [-0.3, -0.25) is 0 Å². The first kappa shape index (κ1) is 12.9. The minimum Gasteiger partial charge on any atom is -0.311 e. The Hall–Kier alpha value is -1.17. The van der Waals surface area contributed by atoms with Crippen molar-refractivity contribution in [1.82, 2.24) is 15.3 Å². The molecule has 0 aromatic carbocycles. The van der Waals surface area contributed by atoms with E-state index in [-0.39, 0.29) is 5.82 Å². The molecule has 0 unspecified atom stereocenters. The predicted molar refractivity (Wildman–Crippen MR) is 53.9 cm³/mol. The van der Waals surface area contributed by atoms with Crippen LogP contribution in [0.3, 0.4) is 0 Å². The number of nitrogens with one attached hydrogen (secondary N) is 1. The summed E-state index contributed by atoms with van der Waals surface area (Å²) in [6.07, 6.45) is -5.34. The summed E-state index contributed by atoms with van der Waals surface area (Å²) in [5, 5.41) is 3.01. The number of hydrogen-bond donors (Lipinski definition) is 1. The van der Waals surface area contributed by atoms with Gasteiger partial charge in [-0.15, -0.1) is 0 Å². The zero-order valence-electron chi connectivity index (χ0n) is 9.23. The van der Waals surface area contributed by atoms with Gasteiger partial charge in [0, 0.05) is 12.2 Å². The number of halogens is 3. The topological polar surface area (TPSA) is 37.8 Å². The van der Waals surface area contributed by atoms with E-state index in [9.17, 15) is 13.2 Å². The first-order valence-electron chi connectivity index (χ1n) is 5.01. The molecule has 1 N–H and O–H groups in total. The maximum Gasteiger partial charge on any atom is 0.396 e. The first-order chi connectivity index (χ1) is 7.40. The number of aromatic nitrogens is 2. The lowest BCUT2D eigenvalue weighted by Crippen LogP contribution is -2.18. The summed E-state index contributed by atoms with van der Waals surface area (Å²) in [6.45, 7) is 4.80. The molecule has 0 spiro atoms. The van der Waals surface area contributed by atoms with E-state index in [4.69, 9.17) is 0 Å². The monoisotopic (exact) mass is 233 g/mol. The highest BCUT2D eigenvalue weighted by Gasteiger charge is 2.29. The van der Waals surface area contributed by atoms with Crippen molar-refractivity contribution in [2.45, 2.75) is 33.0 Å². The maximum absolute atomic E-state index is 12.2. The largest absolute Gasteiger partial charge is 0.396 e. The smallest absolute Gasteiger partial charge is 0.311 e. The van der Waals surface area contributed by atoms with Crippen LogP contribution < -0.4 is 5.32 Å². The Kier molecular flexibility index (Phi) is 4.23. The number of rotatable bonds is 4. The highest BCUT2D eigenvalue weighted by molar-refractivity contribution is 5.10. The second kappa shape index (κ2) is 5.25. The van der Waals surface area contributed by atoms with Crippen molar-refractivity contribution >= 4 is 0 Å². The van der Waals surface area contributed by atoms with Gasteiger partial charge in [0.25, 0.3) is 0 Å². The SMILES string of the molecule is CCNCc1cc(C)nc(CC(F)(F)F)n1. The molecular formula is C10H14F3N3. The molecule has 0 atom stereocenters. The molecule has 1 heterocycles. The van der Waals surface area contributed by atoms with E-state index in [1.165, 1.54) is 0 Å². The third kappa shape index (κ3) is 4.57. The van der Waals surface area contributed by atoms with Crippen molar-refractivity contribution in [2.75, 3.05) is 6.54 Å². The number of aryl methyl sites for hydroxylation is 1. The van der Waals surface area contributed by atoms with E-state index in [0.717, 1.165) is 6.54 Å². The average molecular weight is 233 g/mol. The van der Waals surface area contributed by atoms with Crippen molar-refractivity contribution < 1.29 is 13.2 Å². The zero-order valence-corrected chi connectivity index (χ0v) is 9.23. The summed E-state index contributed by atoms with van der Waals surface area (Å²) < 4.78 is 36.5. The number of alkyl halides is 3. The van der Waals surface area contributed by atoms with Crippen LogP contribution in [0, 0.1) is 6.92 Å². The van der Waals surface area contributed by atoms with Gasteiger partial charge in [0.2, 0.25) is 0 Å². The van der Waals surface area contributed by atoms with Gasteiger partial charge >= 0.3 is 6.18 Å². The molecule has 0 aliphatic rings. The normalized spacial score (nSPS) is 11.8. The molecule has 1 rings (SSSR count). The standard InChI is InChI=1S/C10H14F3N3/c1-3-14-6-8-4-7(2)15-9(16-8)5-10(11,12)13/h4,14H,3,5-6H2,1-2H3. The lowest BCUT2D eigenvalue weighted by Gasteiger charge is -2.08. The van der Waals surface area contributed by atoms with E-state index >= 15 is 0 Å². The number of nitrogens with zero attached hydrogens (tertiary/aromatic N) is 2. The highest BCUT2D eigenvalue weighted by atomic mass is 19.4. The Bertz CT molecular complexity index is 350. The van der Waals surface area contributed by atoms with Crippen LogP contribution in [0.15, 0.2) is 6.07 Å². The second-order valence-electron chi connectivity index (χ2n) is 3.49. The van der Waals surface area contributed by atoms with Crippen LogP contribution in [0.2, 0.25) is 0 Å². The van der Waals surface area contributed by atoms with Crippen molar-refractivity contribution in [2.24, 2.45) is 0 Å². The van der Waals surface area contributed by atoms with Gasteiger partial charge in [0.15, 0.2) is 0 Å². The Balaban J connectivity index is 2.81. The summed E-state index contributed by atoms with van der Waals surface area (Å²) >= 11 is 0. The molecule has 1 aromatic rings. The number of hydrogen-bond acceptors (Lipinski definition) is 3. The predicted octanol–water partition coefficient (Wildman–Crippen LogP) is 2.00. The fourth-order valence-electron chi connectivity index (χ4n) is 1.30. The first-order valence-corrected chi connectivity index (χ1v) is 5.01. The second-order valence-corrected chi connectivity index (χ2v) is 3.49. The van der Waals surface area contributed by atoms with Gasteiger partial charge in [-0.2, -0.15) is 13.2 Å². The molecule has 6 heteroatoms. The minimum absolute atomic E-state index is 0.166. The zero-order chi connectivity index (χ0) is 12.2. The minimum atomic E-state index is -4.26. The molecular weight excluding hydrogens is 219 g/mol. The van der Waals surface area contributed by atoms with Crippen molar-refractivity contribution in [3.8, 4) is 0 Å². The molecule has 0 radical (unpaired) electrons. The third-order valence-corrected chi connectivity index (χ3v) is 1.87. The fraction of sp³-hybridized carbons (Fsp3) is 0.600. The lowest BCUT2D eigenvalue weighted by atomic mass is 10.3. The van der Waals surface area contributed by atoms with Crippen molar-refractivity contribution in [3.63, 3.8) is 0 Å². The lowest BCUT2D eigenvalue weighted by molar-refractivity contribution is -0.128. The Labute approximate surface area is 92.1 Å². The van der Waals surface area contributed by atoms with Gasteiger partial charge in [0.1, 0.15) is 12.2 Å². The van der Waals surface area contributed by atoms with Crippen LogP contribution in [0.25, 0.3) is 0 Å². The molecule has 0 bridgehead atoms. The van der Waals surface area contributed by atoms with Crippen molar-refractivity contribution in [1.29, 1.82) is 0 Å². The molecule has 0 aliphatic carbocycles. The van der Waals surface area contributed by atoms with E-state index in [1.54, 1.807) is 13.0 Å². The van der Waals surface area contributed by atoms with E-state index in [2.05, 4.69) is 15.3 Å². The molecule has 0 aliphatic heterocycles. The molecule has 0 saturated carbocycles. The summed E-state index contributed by atoms with van der Waals surface area (Å²) in [6, 6.07) is 1.68. The van der Waals surface area contributed by atoms with Crippen LogP contribution >= 0.6 is 0 Å². The van der Waals surface area contributed by atoms with E-state index < -0.39 is 12.6 Å². The van der Waals surface area contributed by atoms with E-state index in [1.807, 2.05) is 6.92 Å². The average Bonchev–Trinajstić information content (AvgIpc) is 2.10. The van der Waals surface area contributed by atoms with E-state index in [0.29, 0.717) is 17.9 Å². The van der Waals surface area contributed by atoms with Gasteiger partial charge < -0.3 is 5.32 Å². The quantitative estimate of drug-likeness (QED) is 0.864. The molecule has 90 valence electrons. The van der Waals surface area contributed by atoms with Gasteiger partial charge in [-0.1, -0.05) is 6.92 Å². The molecule has 0 amide bonds. The molecule has 0 fully saturated rings. The van der Waals surface area contributed by atoms with Crippen LogP contribution in [0.5, 0.6) is 0 Å². The summed E-state index contributed by atoms with van der Waals surface area (Å²) in [5.74, 6) is -0.166. The molecule has 1 aromatic heterocycles. The van der Waals surface area contributed by atoms with Crippen LogP contribution in [-0.4, -0.2) is 22.7 Å². The Morgan fingerprint density at radius 3 is 2.56 bits per heavy atom. The third-order valence-electron chi connectivity index (χ3n) is 1.87. The molecule has 16 heavy (non-hydrogen) atoms. The van der Waals surface area contributed by atoms with Gasteiger partial charge in [0.05, 0.1) is 5.69 Å². The Morgan fingerprint density at radius 2 is 2.00 bits per heavy atom. The van der Waals surface area contributed by atoms with Crippen molar-refractivity contribution in [3.05, 3.63) is 23.3 Å². The molecule has 0 saturated heterocycles. The molecule has 3 nitrogen and oxygen atoms in total. The fourth-order valence-corrected chi connectivity index (χ4v) is 1.30. The van der Waals surface area contributed by atoms with Gasteiger partial charge in [-0.05, 0) is 19.5 Å². The summed E-state index contributed by atoms with van der Waals surface area (Å²) in [4.78, 5) is 7.63. The van der Waals surface area contributed by atoms with Crippen LogP contribution in [0.1, 0.15) is 24.1 Å². The maximum atomic E-state index is 12.2.